The van der Waals surface area contributed by atoms with E-state index in [4.69, 9.17) is 11.2 Å². The number of terminal acetylenes is 1. The predicted octanol–water partition coefficient (Wildman–Crippen LogP) is 2.46. The SMILES string of the molecule is C#CCNc1ccc(SC)cc1OC. The molecule has 0 atom stereocenters. The molecule has 3 heteroatoms. The fourth-order valence-electron chi connectivity index (χ4n) is 1.09. The molecule has 0 aliphatic carbocycles. The van der Waals surface area contributed by atoms with Crippen LogP contribution in [0.3, 0.4) is 0 Å². The van der Waals surface area contributed by atoms with Crippen molar-refractivity contribution in [1.82, 2.24) is 0 Å². The van der Waals surface area contributed by atoms with Gasteiger partial charge in [-0.3, -0.25) is 0 Å². The summed E-state index contributed by atoms with van der Waals surface area (Å²) in [5.41, 5.74) is 0.934. The highest BCUT2D eigenvalue weighted by molar-refractivity contribution is 7.98. The minimum absolute atomic E-state index is 0.509. The zero-order chi connectivity index (χ0) is 10.4. The fourth-order valence-corrected chi connectivity index (χ4v) is 1.52. The predicted molar refractivity (Wildman–Crippen MR) is 62.1 cm³/mol. The number of rotatable bonds is 4. The average molecular weight is 207 g/mol. The number of hydrogen-bond acceptors (Lipinski definition) is 3. The summed E-state index contributed by atoms with van der Waals surface area (Å²) >= 11 is 1.68. The number of ether oxygens (including phenoxy) is 1. The Balaban J connectivity index is 2.88. The lowest BCUT2D eigenvalue weighted by Crippen LogP contribution is -2.00. The number of nitrogens with one attached hydrogen (secondary N) is 1. The number of anilines is 1. The lowest BCUT2D eigenvalue weighted by molar-refractivity contribution is 0.415. The highest BCUT2D eigenvalue weighted by Crippen LogP contribution is 2.28. The van der Waals surface area contributed by atoms with Crippen LogP contribution in [-0.4, -0.2) is 19.9 Å². The van der Waals surface area contributed by atoms with E-state index in [1.807, 2.05) is 24.5 Å². The molecule has 0 unspecified atom stereocenters. The molecule has 0 saturated heterocycles. The first-order chi connectivity index (χ1) is 6.81. The van der Waals surface area contributed by atoms with Crippen LogP contribution in [0, 0.1) is 12.3 Å². The van der Waals surface area contributed by atoms with Gasteiger partial charge in [-0.25, -0.2) is 0 Å². The highest BCUT2D eigenvalue weighted by atomic mass is 32.2. The van der Waals surface area contributed by atoms with Crippen molar-refractivity contribution >= 4 is 17.4 Å². The first-order valence-corrected chi connectivity index (χ1v) is 5.43. The van der Waals surface area contributed by atoms with Crippen molar-refractivity contribution in [2.75, 3.05) is 25.2 Å². The van der Waals surface area contributed by atoms with Gasteiger partial charge in [-0.2, -0.15) is 0 Å². The summed E-state index contributed by atoms with van der Waals surface area (Å²) in [5.74, 6) is 3.35. The third-order valence-electron chi connectivity index (χ3n) is 1.79. The molecule has 1 N–H and O–H groups in total. The van der Waals surface area contributed by atoms with E-state index in [2.05, 4.69) is 11.2 Å². The molecule has 0 saturated carbocycles. The average Bonchev–Trinajstić information content (AvgIpc) is 2.26. The van der Waals surface area contributed by atoms with Crippen molar-refractivity contribution in [3.05, 3.63) is 18.2 Å². The molecule has 0 bridgehead atoms. The zero-order valence-electron chi connectivity index (χ0n) is 8.33. The lowest BCUT2D eigenvalue weighted by atomic mass is 10.3. The number of hydrogen-bond donors (Lipinski definition) is 1. The molecule has 0 fully saturated rings. The Bertz CT molecular complexity index is 344. The molecule has 1 rings (SSSR count). The largest absolute Gasteiger partial charge is 0.495 e. The molecular formula is C11H13NOS. The van der Waals surface area contributed by atoms with Crippen LogP contribution >= 0.6 is 11.8 Å². The second-order valence-corrected chi connectivity index (χ2v) is 3.50. The molecule has 0 aliphatic heterocycles. The quantitative estimate of drug-likeness (QED) is 0.605. The van der Waals surface area contributed by atoms with E-state index in [9.17, 15) is 0 Å². The Labute approximate surface area is 89.0 Å². The van der Waals surface area contributed by atoms with Gasteiger partial charge in [-0.1, -0.05) is 5.92 Å². The normalized spacial score (nSPS) is 9.21. The van der Waals surface area contributed by atoms with Gasteiger partial charge < -0.3 is 10.1 Å². The van der Waals surface area contributed by atoms with Crippen LogP contribution < -0.4 is 10.1 Å². The zero-order valence-corrected chi connectivity index (χ0v) is 9.15. The van der Waals surface area contributed by atoms with Crippen molar-refractivity contribution in [2.24, 2.45) is 0 Å². The van der Waals surface area contributed by atoms with Gasteiger partial charge in [0.15, 0.2) is 0 Å². The minimum Gasteiger partial charge on any atom is -0.495 e. The summed E-state index contributed by atoms with van der Waals surface area (Å²) < 4.78 is 5.24. The highest BCUT2D eigenvalue weighted by Gasteiger charge is 2.02. The summed E-state index contributed by atoms with van der Waals surface area (Å²) in [7, 11) is 1.65. The Morgan fingerprint density at radius 1 is 1.57 bits per heavy atom. The molecular weight excluding hydrogens is 194 g/mol. The van der Waals surface area contributed by atoms with Crippen LogP contribution in [0.2, 0.25) is 0 Å². The second kappa shape index (κ2) is 5.46. The topological polar surface area (TPSA) is 21.3 Å². The smallest absolute Gasteiger partial charge is 0.143 e. The molecule has 1 aromatic carbocycles. The van der Waals surface area contributed by atoms with Crippen molar-refractivity contribution in [2.45, 2.75) is 4.90 Å². The van der Waals surface area contributed by atoms with Crippen molar-refractivity contribution in [1.29, 1.82) is 0 Å². The Hall–Kier alpha value is -1.27. The Morgan fingerprint density at radius 3 is 2.93 bits per heavy atom. The molecule has 0 aromatic heterocycles. The van der Waals surface area contributed by atoms with Gasteiger partial charge in [0.1, 0.15) is 5.75 Å². The number of thioether (sulfide) groups is 1. The molecule has 14 heavy (non-hydrogen) atoms. The summed E-state index contributed by atoms with van der Waals surface area (Å²) in [6.07, 6.45) is 7.20. The third kappa shape index (κ3) is 2.61. The van der Waals surface area contributed by atoms with Crippen LogP contribution in [0.4, 0.5) is 5.69 Å². The standard InChI is InChI=1S/C11H13NOS/c1-4-7-12-10-6-5-9(14-3)8-11(10)13-2/h1,5-6,8,12H,7H2,2-3H3. The molecule has 0 aliphatic rings. The lowest BCUT2D eigenvalue weighted by Gasteiger charge is -2.10. The maximum Gasteiger partial charge on any atom is 0.143 e. The monoisotopic (exact) mass is 207 g/mol. The Morgan fingerprint density at radius 2 is 2.36 bits per heavy atom. The maximum absolute atomic E-state index is 5.24. The fraction of sp³-hybridized carbons (Fsp3) is 0.273. The van der Waals surface area contributed by atoms with E-state index in [1.165, 1.54) is 4.90 Å². The first kappa shape index (κ1) is 10.8. The first-order valence-electron chi connectivity index (χ1n) is 4.21. The molecule has 0 amide bonds. The van der Waals surface area contributed by atoms with Crippen molar-refractivity contribution in [3.8, 4) is 18.1 Å². The van der Waals surface area contributed by atoms with E-state index in [0.717, 1.165) is 11.4 Å². The second-order valence-electron chi connectivity index (χ2n) is 2.62. The van der Waals surface area contributed by atoms with E-state index < -0.39 is 0 Å². The van der Waals surface area contributed by atoms with Gasteiger partial charge in [-0.05, 0) is 24.5 Å². The molecule has 0 radical (unpaired) electrons. The van der Waals surface area contributed by atoms with Crippen LogP contribution in [0.5, 0.6) is 5.75 Å². The molecule has 1 aromatic rings. The van der Waals surface area contributed by atoms with Gasteiger partial charge in [0.05, 0.1) is 19.3 Å². The van der Waals surface area contributed by atoms with Gasteiger partial charge >= 0.3 is 0 Å². The summed E-state index contributed by atoms with van der Waals surface area (Å²) in [6.45, 7) is 0.509. The van der Waals surface area contributed by atoms with Crippen LogP contribution in [-0.2, 0) is 0 Å². The van der Waals surface area contributed by atoms with Gasteiger partial charge in [0.25, 0.3) is 0 Å². The van der Waals surface area contributed by atoms with Crippen molar-refractivity contribution < 1.29 is 4.74 Å². The summed E-state index contributed by atoms with van der Waals surface area (Å²) in [4.78, 5) is 1.17. The van der Waals surface area contributed by atoms with E-state index in [0.29, 0.717) is 6.54 Å². The summed E-state index contributed by atoms with van der Waals surface area (Å²) in [5, 5.41) is 3.09. The van der Waals surface area contributed by atoms with Gasteiger partial charge in [-0.15, -0.1) is 18.2 Å². The van der Waals surface area contributed by atoms with Gasteiger partial charge in [0, 0.05) is 4.90 Å². The van der Waals surface area contributed by atoms with Crippen LogP contribution in [0.15, 0.2) is 23.1 Å². The van der Waals surface area contributed by atoms with E-state index >= 15 is 0 Å². The Kier molecular flexibility index (Phi) is 4.21. The number of benzene rings is 1. The van der Waals surface area contributed by atoms with Gasteiger partial charge in [0.2, 0.25) is 0 Å². The summed E-state index contributed by atoms with van der Waals surface area (Å²) in [6, 6.07) is 6.00. The number of methoxy groups -OCH3 is 1. The maximum atomic E-state index is 5.24. The molecule has 2 nitrogen and oxygen atoms in total. The van der Waals surface area contributed by atoms with Crippen LogP contribution in [0.1, 0.15) is 0 Å². The third-order valence-corrected chi connectivity index (χ3v) is 2.51. The molecule has 0 heterocycles. The molecule has 0 spiro atoms. The van der Waals surface area contributed by atoms with Crippen LogP contribution in [0.25, 0.3) is 0 Å². The minimum atomic E-state index is 0.509. The molecule has 74 valence electrons. The van der Waals surface area contributed by atoms with E-state index in [-0.39, 0.29) is 0 Å². The van der Waals surface area contributed by atoms with E-state index in [1.54, 1.807) is 18.9 Å². The van der Waals surface area contributed by atoms with Crippen molar-refractivity contribution in [3.63, 3.8) is 0 Å².